The van der Waals surface area contributed by atoms with Gasteiger partial charge in [0.15, 0.2) is 11.2 Å². The summed E-state index contributed by atoms with van der Waals surface area (Å²) in [7, 11) is 0. The van der Waals surface area contributed by atoms with Crippen LogP contribution < -0.4 is 5.43 Å². The number of para-hydroxylation sites is 1. The molecule has 0 aliphatic carbocycles. The van der Waals surface area contributed by atoms with Crippen molar-refractivity contribution in [1.29, 1.82) is 0 Å². The molecule has 0 N–H and O–H groups in total. The van der Waals surface area contributed by atoms with Gasteiger partial charge in [0.05, 0.1) is 35.6 Å². The zero-order valence-electron chi connectivity index (χ0n) is 12.1. The second-order valence-corrected chi connectivity index (χ2v) is 5.87. The van der Waals surface area contributed by atoms with Gasteiger partial charge in [0.1, 0.15) is 5.69 Å². The molecule has 6 heteroatoms. The summed E-state index contributed by atoms with van der Waals surface area (Å²) in [5.74, 6) is -0.295. The zero-order valence-corrected chi connectivity index (χ0v) is 12.1. The van der Waals surface area contributed by atoms with Gasteiger partial charge in [-0.15, -0.1) is 0 Å². The number of carbonyl (C=O) groups is 2. The fourth-order valence-corrected chi connectivity index (χ4v) is 3.65. The maximum atomic E-state index is 13.0. The molecule has 0 saturated heterocycles. The van der Waals surface area contributed by atoms with E-state index in [1.54, 1.807) is 24.4 Å². The molecule has 0 saturated carbocycles. The molecule has 3 aliphatic heterocycles. The molecule has 0 bridgehead atoms. The van der Waals surface area contributed by atoms with Gasteiger partial charge in [-0.2, -0.15) is 0 Å². The van der Waals surface area contributed by atoms with Crippen molar-refractivity contribution < 1.29 is 9.59 Å². The Kier molecular flexibility index (Phi) is 2.20. The van der Waals surface area contributed by atoms with Crippen molar-refractivity contribution in [3.05, 3.63) is 45.8 Å². The molecule has 1 amide bonds. The molecule has 23 heavy (non-hydrogen) atoms. The van der Waals surface area contributed by atoms with Gasteiger partial charge in [-0.1, -0.05) is 12.1 Å². The largest absolute Gasteiger partial charge is 0.328 e. The molecule has 5 rings (SSSR count). The van der Waals surface area contributed by atoms with Gasteiger partial charge in [-0.25, -0.2) is 0 Å². The van der Waals surface area contributed by atoms with Gasteiger partial charge in [-0.05, 0) is 12.1 Å². The third kappa shape index (κ3) is 1.42. The maximum Gasteiger partial charge on any atom is 0.276 e. The van der Waals surface area contributed by atoms with Crippen LogP contribution in [0.25, 0.3) is 16.6 Å². The summed E-state index contributed by atoms with van der Waals surface area (Å²) in [5, 5.41) is 0.561. The topological polar surface area (TPSA) is 71.7 Å². The van der Waals surface area contributed by atoms with Gasteiger partial charge >= 0.3 is 0 Å². The highest BCUT2D eigenvalue weighted by Gasteiger charge is 2.40. The lowest BCUT2D eigenvalue weighted by Crippen LogP contribution is -2.32. The number of Topliss-reactive ketones (excluding diaryl/α,β-unsaturated/α-hetero) is 1. The number of nitrogens with zero attached hydrogens (tertiary/aromatic N) is 3. The zero-order chi connectivity index (χ0) is 15.7. The number of hydrogen-bond acceptors (Lipinski definition) is 4. The Labute approximate surface area is 130 Å². The van der Waals surface area contributed by atoms with Gasteiger partial charge in [0.25, 0.3) is 5.91 Å². The highest BCUT2D eigenvalue weighted by Crippen LogP contribution is 2.37. The second-order valence-electron chi connectivity index (χ2n) is 5.87. The molecule has 6 nitrogen and oxygen atoms in total. The van der Waals surface area contributed by atoms with Gasteiger partial charge in [0.2, 0.25) is 0 Å². The molecule has 2 aromatic rings. The molecule has 0 radical (unpaired) electrons. The predicted molar refractivity (Wildman–Crippen MR) is 85.0 cm³/mol. The third-order valence-electron chi connectivity index (χ3n) is 4.61. The summed E-state index contributed by atoms with van der Waals surface area (Å²) in [6.07, 6.45) is 3.69. The minimum atomic E-state index is -0.275. The van der Waals surface area contributed by atoms with Crippen LogP contribution >= 0.6 is 0 Å². The van der Waals surface area contributed by atoms with E-state index in [2.05, 4.69) is 4.99 Å². The Balaban J connectivity index is 1.96. The van der Waals surface area contributed by atoms with Crippen molar-refractivity contribution >= 4 is 40.2 Å². The minimum Gasteiger partial charge on any atom is -0.328 e. The number of allylic oxidation sites excluding steroid dienone is 1. The number of aliphatic imine (C=N–C) groups is 1. The first-order valence-corrected chi connectivity index (χ1v) is 7.43. The second kappa shape index (κ2) is 4.04. The van der Waals surface area contributed by atoms with Crippen LogP contribution in [0.5, 0.6) is 0 Å². The highest BCUT2D eigenvalue weighted by molar-refractivity contribution is 6.14. The van der Waals surface area contributed by atoms with Crippen LogP contribution in [0.4, 0.5) is 5.69 Å². The van der Waals surface area contributed by atoms with Crippen molar-refractivity contribution in [2.45, 2.75) is 13.0 Å². The van der Waals surface area contributed by atoms with E-state index in [1.165, 1.54) is 4.90 Å². The predicted octanol–water partition coefficient (Wildman–Crippen LogP) is 1.49. The average molecular weight is 305 g/mol. The maximum absolute atomic E-state index is 13.0. The molecule has 0 spiro atoms. The lowest BCUT2D eigenvalue weighted by molar-refractivity contribution is -0.118. The van der Waals surface area contributed by atoms with Gasteiger partial charge in [0, 0.05) is 18.0 Å². The Morgan fingerprint density at radius 3 is 2.87 bits per heavy atom. The van der Waals surface area contributed by atoms with E-state index in [0.717, 1.165) is 0 Å². The van der Waals surface area contributed by atoms with Crippen molar-refractivity contribution in [3.63, 3.8) is 0 Å². The number of rotatable bonds is 0. The first kappa shape index (κ1) is 12.5. The van der Waals surface area contributed by atoms with Gasteiger partial charge < -0.3 is 4.57 Å². The molecule has 0 fully saturated rings. The smallest absolute Gasteiger partial charge is 0.276 e. The summed E-state index contributed by atoms with van der Waals surface area (Å²) in [5.41, 5.74) is 2.59. The molecular formula is C17H11N3O3. The first-order chi connectivity index (χ1) is 11.2. The van der Waals surface area contributed by atoms with Crippen LogP contribution in [-0.2, 0) is 11.3 Å². The summed E-state index contributed by atoms with van der Waals surface area (Å²) >= 11 is 0. The van der Waals surface area contributed by atoms with Crippen molar-refractivity contribution in [1.82, 2.24) is 9.47 Å². The van der Waals surface area contributed by atoms with E-state index in [1.807, 2.05) is 10.6 Å². The number of hydrogen-bond donors (Lipinski definition) is 0. The lowest BCUT2D eigenvalue weighted by atomic mass is 10.0. The van der Waals surface area contributed by atoms with Crippen LogP contribution in [0.2, 0.25) is 0 Å². The van der Waals surface area contributed by atoms with Gasteiger partial charge in [-0.3, -0.25) is 24.3 Å². The van der Waals surface area contributed by atoms with Crippen molar-refractivity contribution in [3.8, 4) is 0 Å². The number of benzene rings is 1. The van der Waals surface area contributed by atoms with E-state index in [0.29, 0.717) is 40.1 Å². The molecule has 4 heterocycles. The summed E-state index contributed by atoms with van der Waals surface area (Å²) in [4.78, 5) is 43.2. The minimum absolute atomic E-state index is 0.0206. The molecule has 112 valence electrons. The fraction of sp³-hybridized carbons (Fsp3) is 0.176. The first-order valence-electron chi connectivity index (χ1n) is 7.43. The Morgan fingerprint density at radius 1 is 1.13 bits per heavy atom. The lowest BCUT2D eigenvalue weighted by Gasteiger charge is -2.20. The normalized spacial score (nSPS) is 18.3. The standard InChI is InChI=1S/C17H11N3O3/c21-9-4-5-12-13-15(17(23)20(12)8-9)19-7-6-18-11-3-1-2-10(14(11)19)16(13)22/h1-3,5-6H,4,7-8H2. The molecular weight excluding hydrogens is 294 g/mol. The van der Waals surface area contributed by atoms with Crippen LogP contribution in [0.1, 0.15) is 22.5 Å². The SMILES string of the molecule is O=C1CC=C2c3c(n4c5c(cccc5c3=O)N=CC4)C(=O)N2C1. The summed E-state index contributed by atoms with van der Waals surface area (Å²) in [6, 6.07) is 5.39. The summed E-state index contributed by atoms with van der Waals surface area (Å²) in [6.45, 7) is 0.479. The van der Waals surface area contributed by atoms with Crippen LogP contribution in [0, 0.1) is 0 Å². The number of fused-ring (bicyclic) bond motifs is 4. The van der Waals surface area contributed by atoms with Crippen molar-refractivity contribution in [2.24, 2.45) is 4.99 Å². The Morgan fingerprint density at radius 2 is 2.00 bits per heavy atom. The van der Waals surface area contributed by atoms with E-state index in [-0.39, 0.29) is 30.1 Å². The average Bonchev–Trinajstić information content (AvgIpc) is 2.85. The van der Waals surface area contributed by atoms with E-state index < -0.39 is 0 Å². The fourth-order valence-electron chi connectivity index (χ4n) is 3.65. The monoisotopic (exact) mass is 305 g/mol. The molecule has 0 atom stereocenters. The quantitative estimate of drug-likeness (QED) is 0.740. The number of pyridine rings is 1. The van der Waals surface area contributed by atoms with Crippen LogP contribution in [0.3, 0.4) is 0 Å². The molecule has 3 aliphatic rings. The van der Waals surface area contributed by atoms with Crippen LogP contribution in [0.15, 0.2) is 34.1 Å². The van der Waals surface area contributed by atoms with E-state index in [4.69, 9.17) is 0 Å². The molecule has 0 unspecified atom stereocenters. The Bertz CT molecular complexity index is 1060. The van der Waals surface area contributed by atoms with E-state index in [9.17, 15) is 14.4 Å². The van der Waals surface area contributed by atoms with E-state index >= 15 is 0 Å². The molecule has 1 aromatic heterocycles. The third-order valence-corrected chi connectivity index (χ3v) is 4.61. The highest BCUT2D eigenvalue weighted by atomic mass is 16.2. The van der Waals surface area contributed by atoms with Crippen LogP contribution in [-0.4, -0.2) is 33.9 Å². The number of carbonyl (C=O) groups excluding carboxylic acids is 2. The Hall–Kier alpha value is -3.02. The number of ketones is 1. The summed E-state index contributed by atoms with van der Waals surface area (Å²) < 4.78 is 1.85. The number of aromatic nitrogens is 1. The van der Waals surface area contributed by atoms with Crippen molar-refractivity contribution in [2.75, 3.05) is 6.54 Å². The number of amides is 1. The molecule has 1 aromatic carbocycles.